The molecule has 0 fully saturated rings. The molecule has 0 N–H and O–H groups in total. The fourth-order valence-electron chi connectivity index (χ4n) is 2.56. The maximum Gasteiger partial charge on any atom is -0.00187 e. The summed E-state index contributed by atoms with van der Waals surface area (Å²) in [4.78, 5) is 2.64. The van der Waals surface area contributed by atoms with Crippen LogP contribution in [0.25, 0.3) is 0 Å². The van der Waals surface area contributed by atoms with Crippen LogP contribution in [-0.4, -0.2) is 24.5 Å². The van der Waals surface area contributed by atoms with Gasteiger partial charge in [0.25, 0.3) is 0 Å². The molecular formula is C17H37N. The first kappa shape index (κ1) is 18.0. The van der Waals surface area contributed by atoms with E-state index in [0.717, 1.165) is 5.92 Å². The molecule has 0 saturated heterocycles. The quantitative estimate of drug-likeness (QED) is 0.393. The lowest BCUT2D eigenvalue weighted by molar-refractivity contribution is 0.267. The van der Waals surface area contributed by atoms with Crippen molar-refractivity contribution in [2.45, 2.75) is 85.5 Å². The van der Waals surface area contributed by atoms with Gasteiger partial charge in [0, 0.05) is 0 Å². The van der Waals surface area contributed by atoms with Gasteiger partial charge in [-0.2, -0.15) is 0 Å². The van der Waals surface area contributed by atoms with Crippen LogP contribution >= 0.6 is 0 Å². The molecule has 0 spiro atoms. The zero-order chi connectivity index (χ0) is 13.6. The second-order valence-electron chi connectivity index (χ2n) is 6.15. The van der Waals surface area contributed by atoms with E-state index in [4.69, 9.17) is 0 Å². The number of hydrogen-bond acceptors (Lipinski definition) is 1. The van der Waals surface area contributed by atoms with Gasteiger partial charge in [-0.15, -0.1) is 0 Å². The summed E-state index contributed by atoms with van der Waals surface area (Å²) in [5, 5.41) is 0. The molecule has 0 unspecified atom stereocenters. The van der Waals surface area contributed by atoms with Crippen LogP contribution in [0, 0.1) is 5.92 Å². The second-order valence-corrected chi connectivity index (χ2v) is 6.15. The Balaban J connectivity index is 3.26. The second kappa shape index (κ2) is 13.4. The first-order valence-corrected chi connectivity index (χ1v) is 8.43. The van der Waals surface area contributed by atoms with Crippen molar-refractivity contribution >= 4 is 0 Å². The molecule has 0 bridgehead atoms. The molecule has 0 aromatic carbocycles. The molecule has 1 heteroatoms. The summed E-state index contributed by atoms with van der Waals surface area (Å²) in [5.74, 6) is 0.890. The Morgan fingerprint density at radius 2 is 1.17 bits per heavy atom. The highest BCUT2D eigenvalue weighted by molar-refractivity contribution is 4.57. The third-order valence-electron chi connectivity index (χ3n) is 3.59. The van der Waals surface area contributed by atoms with Crippen LogP contribution in [0.3, 0.4) is 0 Å². The highest BCUT2D eigenvalue weighted by atomic mass is 15.1. The Bertz CT molecular complexity index is 148. The Morgan fingerprint density at radius 3 is 1.67 bits per heavy atom. The lowest BCUT2D eigenvalue weighted by atomic mass is 10.0. The van der Waals surface area contributed by atoms with Crippen molar-refractivity contribution < 1.29 is 0 Å². The number of nitrogens with zero attached hydrogens (tertiary/aromatic N) is 1. The molecule has 0 saturated carbocycles. The van der Waals surface area contributed by atoms with E-state index in [1.165, 1.54) is 77.4 Å². The van der Waals surface area contributed by atoms with Crippen LogP contribution in [0.4, 0.5) is 0 Å². The summed E-state index contributed by atoms with van der Waals surface area (Å²) in [6.45, 7) is 13.2. The Hall–Kier alpha value is -0.0400. The van der Waals surface area contributed by atoms with Gasteiger partial charge in [0.1, 0.15) is 0 Å². The predicted octanol–water partition coefficient (Wildman–Crippen LogP) is 5.50. The van der Waals surface area contributed by atoms with Gasteiger partial charge in [-0.05, 0) is 44.8 Å². The molecule has 0 aliphatic carbocycles. The Kier molecular flexibility index (Phi) is 13.4. The zero-order valence-corrected chi connectivity index (χ0v) is 13.5. The maximum atomic E-state index is 2.64. The molecule has 0 aliphatic rings. The summed E-state index contributed by atoms with van der Waals surface area (Å²) < 4.78 is 0. The largest absolute Gasteiger partial charge is 0.303 e. The Labute approximate surface area is 116 Å². The predicted molar refractivity (Wildman–Crippen MR) is 84.2 cm³/mol. The molecule has 0 aromatic heterocycles. The van der Waals surface area contributed by atoms with E-state index in [1.807, 2.05) is 0 Å². The SMILES string of the molecule is CCCN(CCC)CCCCCCCCC(C)C. The molecular weight excluding hydrogens is 218 g/mol. The minimum atomic E-state index is 0.890. The van der Waals surface area contributed by atoms with Gasteiger partial charge in [0.2, 0.25) is 0 Å². The number of rotatable bonds is 13. The third kappa shape index (κ3) is 12.4. The van der Waals surface area contributed by atoms with Crippen molar-refractivity contribution in [2.24, 2.45) is 5.92 Å². The standard InChI is InChI=1S/C17H37N/c1-5-14-18(15-6-2)16-12-10-8-7-9-11-13-17(3)4/h17H,5-16H2,1-4H3. The minimum absolute atomic E-state index is 0.890. The van der Waals surface area contributed by atoms with Crippen molar-refractivity contribution in [3.8, 4) is 0 Å². The Morgan fingerprint density at radius 1 is 0.667 bits per heavy atom. The number of hydrogen-bond donors (Lipinski definition) is 0. The van der Waals surface area contributed by atoms with Crippen molar-refractivity contribution in [3.05, 3.63) is 0 Å². The van der Waals surface area contributed by atoms with E-state index >= 15 is 0 Å². The topological polar surface area (TPSA) is 3.24 Å². The van der Waals surface area contributed by atoms with Crippen LogP contribution in [0.2, 0.25) is 0 Å². The van der Waals surface area contributed by atoms with Crippen molar-refractivity contribution in [2.75, 3.05) is 19.6 Å². The first-order chi connectivity index (χ1) is 8.70. The van der Waals surface area contributed by atoms with Crippen LogP contribution in [-0.2, 0) is 0 Å². The molecule has 0 aliphatic heterocycles. The molecule has 0 atom stereocenters. The van der Waals surface area contributed by atoms with E-state index in [1.54, 1.807) is 0 Å². The molecule has 18 heavy (non-hydrogen) atoms. The highest BCUT2D eigenvalue weighted by Gasteiger charge is 2.01. The lowest BCUT2D eigenvalue weighted by Crippen LogP contribution is -2.26. The third-order valence-corrected chi connectivity index (χ3v) is 3.59. The van der Waals surface area contributed by atoms with Crippen molar-refractivity contribution in [1.82, 2.24) is 4.90 Å². The average Bonchev–Trinajstić information content (AvgIpc) is 2.32. The molecule has 0 aromatic rings. The summed E-state index contributed by atoms with van der Waals surface area (Å²) in [5.41, 5.74) is 0. The molecule has 0 rings (SSSR count). The number of unbranched alkanes of at least 4 members (excludes halogenated alkanes) is 5. The van der Waals surface area contributed by atoms with E-state index in [2.05, 4.69) is 32.6 Å². The van der Waals surface area contributed by atoms with Crippen LogP contribution in [0.1, 0.15) is 85.5 Å². The van der Waals surface area contributed by atoms with Crippen LogP contribution in [0.5, 0.6) is 0 Å². The van der Waals surface area contributed by atoms with Crippen LogP contribution in [0.15, 0.2) is 0 Å². The minimum Gasteiger partial charge on any atom is -0.303 e. The summed E-state index contributed by atoms with van der Waals surface area (Å²) >= 11 is 0. The van der Waals surface area contributed by atoms with Gasteiger partial charge in [-0.3, -0.25) is 0 Å². The lowest BCUT2D eigenvalue weighted by Gasteiger charge is -2.20. The zero-order valence-electron chi connectivity index (χ0n) is 13.5. The van der Waals surface area contributed by atoms with Gasteiger partial charge < -0.3 is 4.90 Å². The fourth-order valence-corrected chi connectivity index (χ4v) is 2.56. The molecule has 110 valence electrons. The van der Waals surface area contributed by atoms with Gasteiger partial charge >= 0.3 is 0 Å². The summed E-state index contributed by atoms with van der Waals surface area (Å²) in [7, 11) is 0. The van der Waals surface area contributed by atoms with E-state index < -0.39 is 0 Å². The average molecular weight is 255 g/mol. The monoisotopic (exact) mass is 255 g/mol. The van der Waals surface area contributed by atoms with Crippen LogP contribution < -0.4 is 0 Å². The van der Waals surface area contributed by atoms with Crippen molar-refractivity contribution in [3.63, 3.8) is 0 Å². The van der Waals surface area contributed by atoms with E-state index in [9.17, 15) is 0 Å². The highest BCUT2D eigenvalue weighted by Crippen LogP contribution is 2.11. The fraction of sp³-hybridized carbons (Fsp3) is 1.00. The summed E-state index contributed by atoms with van der Waals surface area (Å²) in [6, 6.07) is 0. The van der Waals surface area contributed by atoms with Crippen molar-refractivity contribution in [1.29, 1.82) is 0 Å². The maximum absolute atomic E-state index is 2.64. The summed E-state index contributed by atoms with van der Waals surface area (Å²) in [6.07, 6.45) is 12.7. The molecule has 0 radical (unpaired) electrons. The normalized spacial score (nSPS) is 11.7. The van der Waals surface area contributed by atoms with Gasteiger partial charge in [0.15, 0.2) is 0 Å². The first-order valence-electron chi connectivity index (χ1n) is 8.43. The van der Waals surface area contributed by atoms with Gasteiger partial charge in [-0.25, -0.2) is 0 Å². The molecule has 0 amide bonds. The van der Waals surface area contributed by atoms with Gasteiger partial charge in [-0.1, -0.05) is 66.2 Å². The van der Waals surface area contributed by atoms with Gasteiger partial charge in [0.05, 0.1) is 0 Å². The van der Waals surface area contributed by atoms with E-state index in [0.29, 0.717) is 0 Å². The van der Waals surface area contributed by atoms with E-state index in [-0.39, 0.29) is 0 Å². The molecule has 0 heterocycles. The smallest absolute Gasteiger partial charge is 0.00187 e. The molecule has 1 nitrogen and oxygen atoms in total.